The summed E-state index contributed by atoms with van der Waals surface area (Å²) in [5.74, 6) is 0.102. The minimum absolute atomic E-state index is 0.0156. The van der Waals surface area contributed by atoms with E-state index in [4.69, 9.17) is 4.74 Å². The smallest absolute Gasteiger partial charge is 0.232 e. The van der Waals surface area contributed by atoms with Gasteiger partial charge in [0.05, 0.1) is 5.75 Å². The molecule has 0 bridgehead atoms. The molecule has 1 aliphatic rings. The van der Waals surface area contributed by atoms with E-state index in [1.165, 1.54) is 0 Å². The zero-order valence-electron chi connectivity index (χ0n) is 14.3. The second-order valence-electron chi connectivity index (χ2n) is 6.05. The van der Waals surface area contributed by atoms with Crippen molar-refractivity contribution in [2.24, 2.45) is 0 Å². The van der Waals surface area contributed by atoms with E-state index in [0.29, 0.717) is 25.3 Å². The van der Waals surface area contributed by atoms with Gasteiger partial charge in [0.2, 0.25) is 15.9 Å². The standard InChI is InChI=1S/C17H26N2O4S/c1-3-4-13-24(21,22)18-15-5-7-16(8-6-15)19(14(2)20)17-9-11-23-12-10-17/h5-8,17-18H,3-4,9-13H2,1-2H3. The summed E-state index contributed by atoms with van der Waals surface area (Å²) < 4.78 is 31.8. The molecule has 7 heteroatoms. The van der Waals surface area contributed by atoms with Crippen LogP contribution in [-0.4, -0.2) is 39.3 Å². The predicted octanol–water partition coefficient (Wildman–Crippen LogP) is 2.76. The Hall–Kier alpha value is -1.60. The molecular weight excluding hydrogens is 328 g/mol. The molecule has 0 saturated carbocycles. The Morgan fingerprint density at radius 1 is 1.25 bits per heavy atom. The molecule has 0 aliphatic carbocycles. The SMILES string of the molecule is CCCCS(=O)(=O)Nc1ccc(N(C(C)=O)C2CCOCC2)cc1. The van der Waals surface area contributed by atoms with E-state index >= 15 is 0 Å². The van der Waals surface area contributed by atoms with Crippen molar-refractivity contribution >= 4 is 27.3 Å². The molecule has 134 valence electrons. The van der Waals surface area contributed by atoms with Gasteiger partial charge in [0, 0.05) is 37.6 Å². The third-order valence-electron chi connectivity index (χ3n) is 4.08. The molecule has 1 aromatic carbocycles. The van der Waals surface area contributed by atoms with Crippen LogP contribution in [0, 0.1) is 0 Å². The van der Waals surface area contributed by atoms with Crippen molar-refractivity contribution in [2.45, 2.75) is 45.6 Å². The number of sulfonamides is 1. The number of unbranched alkanes of at least 4 members (excludes halogenated alkanes) is 1. The van der Waals surface area contributed by atoms with Crippen LogP contribution in [-0.2, 0) is 19.6 Å². The van der Waals surface area contributed by atoms with Crippen LogP contribution >= 0.6 is 0 Å². The fourth-order valence-corrected chi connectivity index (χ4v) is 4.11. The van der Waals surface area contributed by atoms with Crippen molar-refractivity contribution in [3.05, 3.63) is 24.3 Å². The summed E-state index contributed by atoms with van der Waals surface area (Å²) in [6.07, 6.45) is 3.09. The van der Waals surface area contributed by atoms with E-state index in [1.807, 2.05) is 6.92 Å². The van der Waals surface area contributed by atoms with Crippen molar-refractivity contribution in [1.29, 1.82) is 0 Å². The first-order valence-corrected chi connectivity index (χ1v) is 10.1. The van der Waals surface area contributed by atoms with Crippen LogP contribution in [0.5, 0.6) is 0 Å². The maximum Gasteiger partial charge on any atom is 0.232 e. The minimum Gasteiger partial charge on any atom is -0.381 e. The lowest BCUT2D eigenvalue weighted by Crippen LogP contribution is -2.42. The molecule has 0 radical (unpaired) electrons. The van der Waals surface area contributed by atoms with Crippen LogP contribution in [0.2, 0.25) is 0 Å². The number of carbonyl (C=O) groups is 1. The minimum atomic E-state index is -3.31. The number of ether oxygens (including phenoxy) is 1. The van der Waals surface area contributed by atoms with E-state index in [0.717, 1.165) is 24.9 Å². The molecule has 1 fully saturated rings. The van der Waals surface area contributed by atoms with Gasteiger partial charge in [-0.3, -0.25) is 9.52 Å². The Labute approximate surface area is 144 Å². The maximum atomic E-state index is 12.0. The fourth-order valence-electron chi connectivity index (χ4n) is 2.85. The molecule has 2 rings (SSSR count). The molecule has 1 N–H and O–H groups in total. The number of nitrogens with zero attached hydrogens (tertiary/aromatic N) is 1. The van der Waals surface area contributed by atoms with Crippen molar-refractivity contribution in [2.75, 3.05) is 28.6 Å². The number of hydrogen-bond acceptors (Lipinski definition) is 4. The molecule has 1 aliphatic heterocycles. The van der Waals surface area contributed by atoms with Crippen molar-refractivity contribution in [3.8, 4) is 0 Å². The van der Waals surface area contributed by atoms with Crippen LogP contribution in [0.1, 0.15) is 39.5 Å². The normalized spacial score (nSPS) is 15.9. The van der Waals surface area contributed by atoms with E-state index in [1.54, 1.807) is 36.1 Å². The highest BCUT2D eigenvalue weighted by Gasteiger charge is 2.25. The lowest BCUT2D eigenvalue weighted by molar-refractivity contribution is -0.117. The first-order chi connectivity index (χ1) is 11.4. The predicted molar refractivity (Wildman–Crippen MR) is 95.8 cm³/mol. The summed E-state index contributed by atoms with van der Waals surface area (Å²) in [7, 11) is -3.31. The number of nitrogens with one attached hydrogen (secondary N) is 1. The van der Waals surface area contributed by atoms with E-state index in [2.05, 4.69) is 4.72 Å². The summed E-state index contributed by atoms with van der Waals surface area (Å²) in [6.45, 7) is 4.82. The summed E-state index contributed by atoms with van der Waals surface area (Å²) in [6, 6.07) is 7.11. The van der Waals surface area contributed by atoms with Gasteiger partial charge in [-0.2, -0.15) is 0 Å². The second kappa shape index (κ2) is 8.48. The van der Waals surface area contributed by atoms with Gasteiger partial charge in [-0.15, -0.1) is 0 Å². The van der Waals surface area contributed by atoms with Gasteiger partial charge in [0.1, 0.15) is 0 Å². The highest BCUT2D eigenvalue weighted by Crippen LogP contribution is 2.25. The molecule has 6 nitrogen and oxygen atoms in total. The first kappa shape index (κ1) is 18.7. The highest BCUT2D eigenvalue weighted by atomic mass is 32.2. The zero-order valence-corrected chi connectivity index (χ0v) is 15.1. The molecule has 0 atom stereocenters. The summed E-state index contributed by atoms with van der Waals surface area (Å²) in [5.41, 5.74) is 1.30. The number of carbonyl (C=O) groups excluding carboxylic acids is 1. The van der Waals surface area contributed by atoms with Gasteiger partial charge in [0.25, 0.3) is 0 Å². The largest absolute Gasteiger partial charge is 0.381 e. The topological polar surface area (TPSA) is 75.7 Å². The van der Waals surface area contributed by atoms with E-state index in [9.17, 15) is 13.2 Å². The van der Waals surface area contributed by atoms with Crippen LogP contribution in [0.3, 0.4) is 0 Å². The molecule has 24 heavy (non-hydrogen) atoms. The number of benzene rings is 1. The van der Waals surface area contributed by atoms with E-state index < -0.39 is 10.0 Å². The maximum absolute atomic E-state index is 12.0. The summed E-state index contributed by atoms with van der Waals surface area (Å²) in [4.78, 5) is 13.8. The molecule has 1 saturated heterocycles. The quantitative estimate of drug-likeness (QED) is 0.817. The van der Waals surface area contributed by atoms with Crippen molar-refractivity contribution in [3.63, 3.8) is 0 Å². The monoisotopic (exact) mass is 354 g/mol. The highest BCUT2D eigenvalue weighted by molar-refractivity contribution is 7.92. The summed E-state index contributed by atoms with van der Waals surface area (Å²) >= 11 is 0. The van der Waals surface area contributed by atoms with Gasteiger partial charge in [0.15, 0.2) is 0 Å². The number of anilines is 2. The van der Waals surface area contributed by atoms with Gasteiger partial charge in [-0.05, 0) is 43.5 Å². The molecule has 0 spiro atoms. The van der Waals surface area contributed by atoms with Crippen LogP contribution in [0.25, 0.3) is 0 Å². The average molecular weight is 354 g/mol. The van der Waals surface area contributed by atoms with Crippen molar-refractivity contribution in [1.82, 2.24) is 0 Å². The van der Waals surface area contributed by atoms with Crippen molar-refractivity contribution < 1.29 is 17.9 Å². The number of hydrogen-bond donors (Lipinski definition) is 1. The van der Waals surface area contributed by atoms with Crippen LogP contribution in [0.4, 0.5) is 11.4 Å². The first-order valence-electron chi connectivity index (χ1n) is 8.41. The Kier molecular flexibility index (Phi) is 6.62. The van der Waals surface area contributed by atoms with E-state index in [-0.39, 0.29) is 17.7 Å². The molecule has 1 amide bonds. The fraction of sp³-hybridized carbons (Fsp3) is 0.588. The molecule has 1 aromatic rings. The number of amides is 1. The Bertz CT molecular complexity index is 637. The average Bonchev–Trinajstić information content (AvgIpc) is 2.55. The summed E-state index contributed by atoms with van der Waals surface area (Å²) in [5, 5.41) is 0. The van der Waals surface area contributed by atoms with Crippen LogP contribution in [0.15, 0.2) is 24.3 Å². The van der Waals surface area contributed by atoms with Gasteiger partial charge >= 0.3 is 0 Å². The molecule has 1 heterocycles. The molecule has 0 aromatic heterocycles. The lowest BCUT2D eigenvalue weighted by atomic mass is 10.1. The van der Waals surface area contributed by atoms with Gasteiger partial charge in [-0.25, -0.2) is 8.42 Å². The molecular formula is C17H26N2O4S. The Morgan fingerprint density at radius 2 is 1.88 bits per heavy atom. The Balaban J connectivity index is 2.10. The van der Waals surface area contributed by atoms with Crippen LogP contribution < -0.4 is 9.62 Å². The third-order valence-corrected chi connectivity index (χ3v) is 5.45. The Morgan fingerprint density at radius 3 is 2.42 bits per heavy atom. The second-order valence-corrected chi connectivity index (χ2v) is 7.90. The number of rotatable bonds is 7. The zero-order chi connectivity index (χ0) is 17.6. The van der Waals surface area contributed by atoms with Gasteiger partial charge < -0.3 is 9.64 Å². The van der Waals surface area contributed by atoms with Gasteiger partial charge in [-0.1, -0.05) is 13.3 Å². The lowest BCUT2D eigenvalue weighted by Gasteiger charge is -2.33. The third kappa shape index (κ3) is 5.21. The molecule has 0 unspecified atom stereocenters.